The summed E-state index contributed by atoms with van der Waals surface area (Å²) in [4.78, 5) is 4.63. The second-order valence-corrected chi connectivity index (χ2v) is 4.99. The molecule has 86 valence electrons. The number of piperidine rings is 1. The lowest BCUT2D eigenvalue weighted by atomic mass is 9.96. The number of nitrogens with zero attached hydrogens (tertiary/aromatic N) is 3. The lowest BCUT2D eigenvalue weighted by Crippen LogP contribution is -2.31. The normalized spacial score (nSPS) is 25.6. The van der Waals surface area contributed by atoms with Gasteiger partial charge in [0.25, 0.3) is 0 Å². The minimum absolute atomic E-state index is 0.679. The zero-order valence-corrected chi connectivity index (χ0v) is 9.52. The third-order valence-electron chi connectivity index (χ3n) is 3.49. The molecule has 4 heteroatoms. The van der Waals surface area contributed by atoms with Gasteiger partial charge in [-0.15, -0.1) is 5.10 Å². The van der Waals surface area contributed by atoms with Crippen LogP contribution < -0.4 is 5.32 Å². The molecule has 0 spiro atoms. The van der Waals surface area contributed by atoms with Crippen molar-refractivity contribution in [3.05, 3.63) is 17.7 Å². The lowest BCUT2D eigenvalue weighted by Gasteiger charge is -2.21. The summed E-state index contributed by atoms with van der Waals surface area (Å²) in [5, 5.41) is 11.7. The molecule has 2 fully saturated rings. The maximum atomic E-state index is 4.63. The highest BCUT2D eigenvalue weighted by atomic mass is 15.1. The zero-order valence-electron chi connectivity index (χ0n) is 9.52. The van der Waals surface area contributed by atoms with Crippen LogP contribution in [0, 0.1) is 5.92 Å². The van der Waals surface area contributed by atoms with Crippen molar-refractivity contribution in [1.29, 1.82) is 0 Å². The summed E-state index contributed by atoms with van der Waals surface area (Å²) in [6, 6.07) is 0. The standard InChI is InChI=1S/C12H18N4/c1-2-9(7-13-5-1)6-12-15-11(8-14-16-12)10-3-4-10/h8-10,13H,1-7H2. The molecule has 1 aliphatic carbocycles. The van der Waals surface area contributed by atoms with E-state index in [9.17, 15) is 0 Å². The molecule has 2 heterocycles. The topological polar surface area (TPSA) is 50.7 Å². The summed E-state index contributed by atoms with van der Waals surface area (Å²) < 4.78 is 0. The predicted octanol–water partition coefficient (Wildman–Crippen LogP) is 1.29. The first-order valence-electron chi connectivity index (χ1n) is 6.31. The number of nitrogens with one attached hydrogen (secondary N) is 1. The molecule has 0 bridgehead atoms. The number of aromatic nitrogens is 3. The van der Waals surface area contributed by atoms with E-state index in [1.807, 2.05) is 6.20 Å². The molecule has 3 rings (SSSR count). The van der Waals surface area contributed by atoms with Gasteiger partial charge in [0.05, 0.1) is 11.9 Å². The Labute approximate surface area is 95.9 Å². The van der Waals surface area contributed by atoms with Crippen LogP contribution in [0.2, 0.25) is 0 Å². The summed E-state index contributed by atoms with van der Waals surface area (Å²) >= 11 is 0. The molecule has 1 aromatic rings. The Hall–Kier alpha value is -1.03. The van der Waals surface area contributed by atoms with E-state index in [2.05, 4.69) is 20.5 Å². The van der Waals surface area contributed by atoms with Crippen LogP contribution in [0.5, 0.6) is 0 Å². The Balaban J connectivity index is 1.66. The van der Waals surface area contributed by atoms with Crippen LogP contribution >= 0.6 is 0 Å². The summed E-state index contributed by atoms with van der Waals surface area (Å²) in [6.07, 6.45) is 7.96. The van der Waals surface area contributed by atoms with Gasteiger partial charge in [-0.05, 0) is 44.7 Å². The fraction of sp³-hybridized carbons (Fsp3) is 0.750. The summed E-state index contributed by atoms with van der Waals surface area (Å²) in [5.74, 6) is 2.32. The third-order valence-corrected chi connectivity index (χ3v) is 3.49. The van der Waals surface area contributed by atoms with E-state index in [0.717, 1.165) is 31.0 Å². The average Bonchev–Trinajstić information content (AvgIpc) is 3.15. The first kappa shape index (κ1) is 10.1. The van der Waals surface area contributed by atoms with E-state index in [4.69, 9.17) is 0 Å². The van der Waals surface area contributed by atoms with Crippen molar-refractivity contribution in [2.75, 3.05) is 13.1 Å². The molecule has 0 amide bonds. The average molecular weight is 218 g/mol. The largest absolute Gasteiger partial charge is 0.316 e. The molecule has 0 radical (unpaired) electrons. The molecule has 1 saturated carbocycles. The van der Waals surface area contributed by atoms with Crippen LogP contribution in [0.25, 0.3) is 0 Å². The van der Waals surface area contributed by atoms with Crippen molar-refractivity contribution in [1.82, 2.24) is 20.5 Å². The minimum atomic E-state index is 0.679. The second kappa shape index (κ2) is 4.45. The first-order valence-corrected chi connectivity index (χ1v) is 6.31. The van der Waals surface area contributed by atoms with Crippen molar-refractivity contribution >= 4 is 0 Å². The van der Waals surface area contributed by atoms with E-state index in [1.165, 1.54) is 25.7 Å². The lowest BCUT2D eigenvalue weighted by molar-refractivity contribution is 0.369. The van der Waals surface area contributed by atoms with Crippen LogP contribution in [-0.4, -0.2) is 28.3 Å². The van der Waals surface area contributed by atoms with Gasteiger partial charge in [0.2, 0.25) is 0 Å². The molecule has 0 aromatic carbocycles. The van der Waals surface area contributed by atoms with Gasteiger partial charge >= 0.3 is 0 Å². The van der Waals surface area contributed by atoms with E-state index >= 15 is 0 Å². The molecule has 1 aliphatic heterocycles. The Kier molecular flexibility index (Phi) is 2.82. The predicted molar refractivity (Wildman–Crippen MR) is 61.1 cm³/mol. The SMILES string of the molecule is c1nnc(CC2CCCNC2)nc1C1CC1. The fourth-order valence-electron chi connectivity index (χ4n) is 2.37. The third kappa shape index (κ3) is 2.38. The van der Waals surface area contributed by atoms with Crippen molar-refractivity contribution in [2.45, 2.75) is 38.0 Å². The molecule has 1 atom stereocenters. The molecular weight excluding hydrogens is 200 g/mol. The maximum absolute atomic E-state index is 4.63. The van der Waals surface area contributed by atoms with Crippen LogP contribution in [-0.2, 0) is 6.42 Å². The van der Waals surface area contributed by atoms with Crippen LogP contribution in [0.4, 0.5) is 0 Å². The molecule has 4 nitrogen and oxygen atoms in total. The summed E-state index contributed by atoms with van der Waals surface area (Å²) in [7, 11) is 0. The maximum Gasteiger partial charge on any atom is 0.151 e. The number of rotatable bonds is 3. The van der Waals surface area contributed by atoms with Gasteiger partial charge < -0.3 is 5.32 Å². The number of hydrogen-bond donors (Lipinski definition) is 1. The monoisotopic (exact) mass is 218 g/mol. The molecule has 16 heavy (non-hydrogen) atoms. The summed E-state index contributed by atoms with van der Waals surface area (Å²) in [6.45, 7) is 2.27. The van der Waals surface area contributed by atoms with E-state index in [-0.39, 0.29) is 0 Å². The van der Waals surface area contributed by atoms with Gasteiger partial charge in [0.15, 0.2) is 5.82 Å². The Bertz CT molecular complexity index is 356. The molecule has 1 aromatic heterocycles. The fourth-order valence-corrected chi connectivity index (χ4v) is 2.37. The molecule has 2 aliphatic rings. The highest BCUT2D eigenvalue weighted by Gasteiger charge is 2.26. The van der Waals surface area contributed by atoms with Gasteiger partial charge in [-0.2, -0.15) is 5.10 Å². The van der Waals surface area contributed by atoms with Gasteiger partial charge in [-0.3, -0.25) is 0 Å². The van der Waals surface area contributed by atoms with Crippen molar-refractivity contribution in [2.24, 2.45) is 5.92 Å². The van der Waals surface area contributed by atoms with Crippen molar-refractivity contribution in [3.8, 4) is 0 Å². The highest BCUT2D eigenvalue weighted by Crippen LogP contribution is 2.38. The highest BCUT2D eigenvalue weighted by molar-refractivity contribution is 5.10. The summed E-state index contributed by atoms with van der Waals surface area (Å²) in [5.41, 5.74) is 1.16. The van der Waals surface area contributed by atoms with Crippen LogP contribution in [0.15, 0.2) is 6.20 Å². The van der Waals surface area contributed by atoms with E-state index < -0.39 is 0 Å². The molecule has 1 saturated heterocycles. The second-order valence-electron chi connectivity index (χ2n) is 4.99. The van der Waals surface area contributed by atoms with Gasteiger partial charge in [-0.1, -0.05) is 0 Å². The molecule has 1 N–H and O–H groups in total. The number of hydrogen-bond acceptors (Lipinski definition) is 4. The van der Waals surface area contributed by atoms with E-state index in [1.54, 1.807) is 0 Å². The van der Waals surface area contributed by atoms with Crippen LogP contribution in [0.3, 0.4) is 0 Å². The smallest absolute Gasteiger partial charge is 0.151 e. The van der Waals surface area contributed by atoms with Gasteiger partial charge in [0.1, 0.15) is 0 Å². The minimum Gasteiger partial charge on any atom is -0.316 e. The Morgan fingerprint density at radius 2 is 2.25 bits per heavy atom. The molecule has 1 unspecified atom stereocenters. The van der Waals surface area contributed by atoms with Gasteiger partial charge in [-0.25, -0.2) is 4.98 Å². The zero-order chi connectivity index (χ0) is 10.8. The van der Waals surface area contributed by atoms with Crippen LogP contribution in [0.1, 0.15) is 43.1 Å². The van der Waals surface area contributed by atoms with Crippen molar-refractivity contribution < 1.29 is 0 Å². The molecular formula is C12H18N4. The Morgan fingerprint density at radius 1 is 1.31 bits per heavy atom. The Morgan fingerprint density at radius 3 is 3.00 bits per heavy atom. The van der Waals surface area contributed by atoms with Crippen molar-refractivity contribution in [3.63, 3.8) is 0 Å². The quantitative estimate of drug-likeness (QED) is 0.830. The van der Waals surface area contributed by atoms with E-state index in [0.29, 0.717) is 11.8 Å². The van der Waals surface area contributed by atoms with Gasteiger partial charge in [0, 0.05) is 12.3 Å². The first-order chi connectivity index (χ1) is 7.92.